The van der Waals surface area contributed by atoms with Gasteiger partial charge in [0.05, 0.1) is 11.6 Å². The number of hydrogen-bond donors (Lipinski definition) is 1. The van der Waals surface area contributed by atoms with Crippen LogP contribution in [0.1, 0.15) is 18.4 Å². The summed E-state index contributed by atoms with van der Waals surface area (Å²) in [5, 5.41) is 2.58. The number of carbonyl (C=O) groups excluding carboxylic acids is 1. The molecule has 2 heterocycles. The molecule has 2 aliphatic rings. The van der Waals surface area contributed by atoms with E-state index >= 15 is 0 Å². The molecule has 0 spiro atoms. The zero-order chi connectivity index (χ0) is 20.2. The maximum absolute atomic E-state index is 14.6. The lowest BCUT2D eigenvalue weighted by molar-refractivity contribution is 0.155. The molecule has 2 aromatic carbocycles. The van der Waals surface area contributed by atoms with E-state index in [-0.39, 0.29) is 12.4 Å². The predicted octanol–water partition coefficient (Wildman–Crippen LogP) is 4.17. The molecule has 1 amide bonds. The molecular weight excluding hydrogens is 391 g/mol. The molecule has 1 N–H and O–H groups in total. The van der Waals surface area contributed by atoms with Crippen molar-refractivity contribution < 1.29 is 18.5 Å². The molecule has 2 saturated heterocycles. The van der Waals surface area contributed by atoms with Gasteiger partial charge in [-0.25, -0.2) is 9.18 Å². The van der Waals surface area contributed by atoms with Gasteiger partial charge < -0.3 is 14.2 Å². The molecule has 154 valence electrons. The fourth-order valence-electron chi connectivity index (χ4n) is 4.03. The van der Waals surface area contributed by atoms with Crippen molar-refractivity contribution in [1.82, 2.24) is 0 Å². The number of carbonyl (C=O) groups is 1. The maximum Gasteiger partial charge on any atom is 0.411 e. The van der Waals surface area contributed by atoms with E-state index in [9.17, 15) is 13.7 Å². The number of rotatable bonds is 5. The average molecular weight is 417 g/mol. The van der Waals surface area contributed by atoms with Crippen LogP contribution in [0.5, 0.6) is 0 Å². The molecule has 29 heavy (non-hydrogen) atoms. The number of ether oxygens (including phenoxy) is 1. The minimum atomic E-state index is -0.611. The van der Waals surface area contributed by atoms with Crippen molar-refractivity contribution in [3.05, 3.63) is 59.9 Å². The van der Waals surface area contributed by atoms with Crippen LogP contribution < -0.4 is 10.2 Å². The summed E-state index contributed by atoms with van der Waals surface area (Å²) < 4.78 is 31.1. The second kappa shape index (κ2) is 9.05. The number of nitrogens with one attached hydrogen (secondary N) is 1. The Morgan fingerprint density at radius 3 is 2.52 bits per heavy atom. The van der Waals surface area contributed by atoms with Crippen LogP contribution in [0.3, 0.4) is 0 Å². The minimum absolute atomic E-state index is 0.163. The number of amides is 1. The monoisotopic (exact) mass is 416 g/mol. The highest BCUT2D eigenvalue weighted by Gasteiger charge is 2.39. The molecule has 5 nitrogen and oxygen atoms in total. The molecule has 0 saturated carbocycles. The van der Waals surface area contributed by atoms with E-state index in [1.165, 1.54) is 6.07 Å². The Kier molecular flexibility index (Phi) is 6.25. The SMILES string of the molecule is O=C(Nc1ccc(N2CCC(C3C[S+]([O-])C3)CC2)c(F)c1)OCc1ccccc1. The highest BCUT2D eigenvalue weighted by atomic mass is 32.2. The number of hydrogen-bond acceptors (Lipinski definition) is 4. The van der Waals surface area contributed by atoms with Crippen LogP contribution in [0.25, 0.3) is 0 Å². The van der Waals surface area contributed by atoms with Gasteiger partial charge in [0.25, 0.3) is 0 Å². The van der Waals surface area contributed by atoms with Crippen LogP contribution in [0.2, 0.25) is 0 Å². The molecule has 0 radical (unpaired) electrons. The molecule has 0 bridgehead atoms. The first kappa shape index (κ1) is 20.0. The Hall–Kier alpha value is -2.25. The van der Waals surface area contributed by atoms with Gasteiger partial charge in [0, 0.05) is 18.8 Å². The third-order valence-electron chi connectivity index (χ3n) is 5.75. The van der Waals surface area contributed by atoms with E-state index in [1.54, 1.807) is 12.1 Å². The smallest absolute Gasteiger partial charge is 0.411 e. The topological polar surface area (TPSA) is 64.6 Å². The van der Waals surface area contributed by atoms with Crippen LogP contribution in [0, 0.1) is 17.7 Å². The summed E-state index contributed by atoms with van der Waals surface area (Å²) in [6, 6.07) is 14.1. The summed E-state index contributed by atoms with van der Waals surface area (Å²) in [5.74, 6) is 2.50. The summed E-state index contributed by atoms with van der Waals surface area (Å²) >= 11 is -0.611. The zero-order valence-electron chi connectivity index (χ0n) is 16.2. The molecule has 0 atom stereocenters. The lowest BCUT2D eigenvalue weighted by atomic mass is 9.86. The summed E-state index contributed by atoms with van der Waals surface area (Å²) in [4.78, 5) is 14.0. The third kappa shape index (κ3) is 5.03. The average Bonchev–Trinajstić information content (AvgIpc) is 2.71. The van der Waals surface area contributed by atoms with Crippen molar-refractivity contribution in [2.75, 3.05) is 34.8 Å². The van der Waals surface area contributed by atoms with Gasteiger partial charge in [0.15, 0.2) is 0 Å². The number of halogens is 1. The molecule has 0 unspecified atom stereocenters. The second-order valence-corrected chi connectivity index (χ2v) is 9.26. The molecule has 2 aromatic rings. The Morgan fingerprint density at radius 2 is 1.86 bits per heavy atom. The fraction of sp³-hybridized carbons (Fsp3) is 0.409. The van der Waals surface area contributed by atoms with Gasteiger partial charge in [-0.05, 0) is 42.5 Å². The van der Waals surface area contributed by atoms with Crippen LogP contribution in [0.15, 0.2) is 48.5 Å². The number of piperidine rings is 1. The van der Waals surface area contributed by atoms with Crippen molar-refractivity contribution in [2.24, 2.45) is 11.8 Å². The summed E-state index contributed by atoms with van der Waals surface area (Å²) in [6.07, 6.45) is 1.40. The van der Waals surface area contributed by atoms with Crippen LogP contribution in [0.4, 0.5) is 20.6 Å². The molecule has 0 aliphatic carbocycles. The molecule has 4 rings (SSSR count). The van der Waals surface area contributed by atoms with Gasteiger partial charge in [-0.3, -0.25) is 5.32 Å². The van der Waals surface area contributed by atoms with Gasteiger partial charge in [0.2, 0.25) is 0 Å². The first-order valence-corrected chi connectivity index (χ1v) is 11.4. The summed E-state index contributed by atoms with van der Waals surface area (Å²) in [7, 11) is 0. The zero-order valence-corrected chi connectivity index (χ0v) is 17.0. The molecule has 7 heteroatoms. The van der Waals surface area contributed by atoms with Crippen molar-refractivity contribution in [3.63, 3.8) is 0 Å². The van der Waals surface area contributed by atoms with E-state index < -0.39 is 17.3 Å². The van der Waals surface area contributed by atoms with E-state index in [4.69, 9.17) is 4.74 Å². The quantitative estimate of drug-likeness (QED) is 0.743. The molecule has 2 fully saturated rings. The van der Waals surface area contributed by atoms with E-state index in [0.717, 1.165) is 43.0 Å². The highest BCUT2D eigenvalue weighted by Crippen LogP contribution is 2.35. The Labute approximate surface area is 173 Å². The van der Waals surface area contributed by atoms with Gasteiger partial charge in [-0.1, -0.05) is 41.5 Å². The largest absolute Gasteiger partial charge is 0.616 e. The molecule has 2 aliphatic heterocycles. The third-order valence-corrected chi connectivity index (χ3v) is 7.35. The lowest BCUT2D eigenvalue weighted by Crippen LogP contribution is -2.45. The van der Waals surface area contributed by atoms with Crippen molar-refractivity contribution in [3.8, 4) is 0 Å². The van der Waals surface area contributed by atoms with Gasteiger partial charge in [-0.2, -0.15) is 0 Å². The normalized spacial score (nSPS) is 22.1. The van der Waals surface area contributed by atoms with Gasteiger partial charge in [0.1, 0.15) is 23.9 Å². The number of benzene rings is 2. The Morgan fingerprint density at radius 1 is 1.14 bits per heavy atom. The summed E-state index contributed by atoms with van der Waals surface area (Å²) in [6.45, 7) is 1.77. The Bertz CT molecular complexity index is 837. The predicted molar refractivity (Wildman–Crippen MR) is 113 cm³/mol. The van der Waals surface area contributed by atoms with Crippen molar-refractivity contribution in [1.29, 1.82) is 0 Å². The molecular formula is C22H25FN2O3S. The van der Waals surface area contributed by atoms with Gasteiger partial charge >= 0.3 is 6.09 Å². The highest BCUT2D eigenvalue weighted by molar-refractivity contribution is 7.92. The molecule has 0 aromatic heterocycles. The standard InChI is InChI=1S/C22H25FN2O3S/c23-20-12-19(24-22(26)28-13-16-4-2-1-3-5-16)6-7-21(20)25-10-8-17(9-11-25)18-14-29(27)15-18/h1-7,12,17-18H,8-11,13-15H2,(H,24,26). The van der Waals surface area contributed by atoms with Crippen molar-refractivity contribution in [2.45, 2.75) is 19.4 Å². The number of nitrogens with zero attached hydrogens (tertiary/aromatic N) is 1. The van der Waals surface area contributed by atoms with Crippen molar-refractivity contribution >= 4 is 28.6 Å². The van der Waals surface area contributed by atoms with Crippen LogP contribution in [-0.4, -0.2) is 35.2 Å². The first-order chi connectivity index (χ1) is 14.1. The lowest BCUT2D eigenvalue weighted by Gasteiger charge is -2.40. The summed E-state index contributed by atoms with van der Waals surface area (Å²) in [5.41, 5.74) is 1.82. The van der Waals surface area contributed by atoms with Crippen LogP contribution in [-0.2, 0) is 22.5 Å². The van der Waals surface area contributed by atoms with Gasteiger partial charge in [-0.15, -0.1) is 0 Å². The fourth-order valence-corrected chi connectivity index (χ4v) is 5.43. The van der Waals surface area contributed by atoms with E-state index in [2.05, 4.69) is 10.2 Å². The van der Waals surface area contributed by atoms with Crippen LogP contribution >= 0.6 is 0 Å². The van der Waals surface area contributed by atoms with E-state index in [1.807, 2.05) is 30.3 Å². The Balaban J connectivity index is 1.28. The number of anilines is 2. The second-order valence-electron chi connectivity index (χ2n) is 7.71. The first-order valence-electron chi connectivity index (χ1n) is 9.95. The van der Waals surface area contributed by atoms with E-state index in [0.29, 0.717) is 23.2 Å². The minimum Gasteiger partial charge on any atom is -0.616 e. The maximum atomic E-state index is 14.6.